The molecule has 2 aromatic heterocycles. The summed E-state index contributed by atoms with van der Waals surface area (Å²) in [6, 6.07) is 15.7. The van der Waals surface area contributed by atoms with Gasteiger partial charge in [0, 0.05) is 57.2 Å². The predicted molar refractivity (Wildman–Crippen MR) is 217 cm³/mol. The fourth-order valence-corrected chi connectivity index (χ4v) is 7.63. The molecule has 4 N–H and O–H groups in total. The minimum absolute atomic E-state index is 0.0323. The molecule has 17 heteroatoms. The Morgan fingerprint density at radius 1 is 0.932 bits per heavy atom. The number of imide groups is 2. The quantitative estimate of drug-likeness (QED) is 0.0941. The van der Waals surface area contributed by atoms with E-state index in [9.17, 15) is 24.0 Å². The summed E-state index contributed by atoms with van der Waals surface area (Å²) in [4.78, 5) is 74.9. The highest BCUT2D eigenvalue weighted by molar-refractivity contribution is 6.23. The van der Waals surface area contributed by atoms with Gasteiger partial charge in [-0.05, 0) is 79.3 Å². The molecule has 304 valence electrons. The van der Waals surface area contributed by atoms with E-state index in [-0.39, 0.29) is 48.8 Å². The lowest BCUT2D eigenvalue weighted by molar-refractivity contribution is -0.136. The number of para-hydroxylation sites is 1. The van der Waals surface area contributed by atoms with Crippen molar-refractivity contribution in [1.29, 1.82) is 0 Å². The van der Waals surface area contributed by atoms with Gasteiger partial charge in [-0.15, -0.1) is 0 Å². The molecule has 17 nitrogen and oxygen atoms in total. The van der Waals surface area contributed by atoms with E-state index < -0.39 is 29.7 Å². The van der Waals surface area contributed by atoms with Crippen molar-refractivity contribution in [2.45, 2.75) is 45.7 Å². The summed E-state index contributed by atoms with van der Waals surface area (Å²) in [6.07, 6.45) is 2.81. The van der Waals surface area contributed by atoms with Gasteiger partial charge in [-0.2, -0.15) is 10.1 Å². The maximum absolute atomic E-state index is 13.1. The van der Waals surface area contributed by atoms with Crippen LogP contribution in [0.5, 0.6) is 5.75 Å². The molecule has 1 atom stereocenters. The lowest BCUT2D eigenvalue weighted by Gasteiger charge is -2.29. The maximum Gasteiger partial charge on any atom is 0.262 e. The first-order chi connectivity index (χ1) is 28.5. The van der Waals surface area contributed by atoms with E-state index in [0.29, 0.717) is 30.6 Å². The number of anilines is 4. The van der Waals surface area contributed by atoms with Gasteiger partial charge in [0.25, 0.3) is 17.7 Å². The van der Waals surface area contributed by atoms with Crippen LogP contribution < -0.4 is 26.0 Å². The van der Waals surface area contributed by atoms with Crippen molar-refractivity contribution in [3.63, 3.8) is 0 Å². The topological polar surface area (TPSA) is 202 Å². The third-order valence-electron chi connectivity index (χ3n) is 10.8. The normalized spacial score (nSPS) is 16.5. The number of benzene rings is 3. The van der Waals surface area contributed by atoms with Crippen LogP contribution in [-0.2, 0) is 39.1 Å². The average molecular weight is 801 g/mol. The van der Waals surface area contributed by atoms with Crippen LogP contribution in [0.3, 0.4) is 0 Å². The van der Waals surface area contributed by atoms with Crippen LogP contribution in [0.25, 0.3) is 11.0 Å². The van der Waals surface area contributed by atoms with Gasteiger partial charge >= 0.3 is 0 Å². The third-order valence-corrected chi connectivity index (χ3v) is 10.8. The van der Waals surface area contributed by atoms with Crippen molar-refractivity contribution in [3.05, 3.63) is 94.2 Å². The van der Waals surface area contributed by atoms with Crippen molar-refractivity contribution in [2.75, 3.05) is 50.1 Å². The number of carbonyl (C=O) groups excluding carboxylic acids is 5. The molecule has 8 rings (SSSR count). The van der Waals surface area contributed by atoms with E-state index in [4.69, 9.17) is 14.5 Å². The molecule has 59 heavy (non-hydrogen) atoms. The van der Waals surface area contributed by atoms with E-state index in [2.05, 4.69) is 80.4 Å². The fraction of sp³-hybridized carbons (Fsp3) is 0.333. The van der Waals surface area contributed by atoms with Gasteiger partial charge in [-0.3, -0.25) is 39.1 Å². The second-order valence-electron chi connectivity index (χ2n) is 14.8. The van der Waals surface area contributed by atoms with Crippen LogP contribution in [0, 0.1) is 13.8 Å². The number of nitrogens with one attached hydrogen (secondary N) is 4. The molecule has 5 amide bonds. The SMILES string of the molecule is Cc1cccc(C)c1Nc1nn(C)c2nc(Nc3ccc4c(c3)CN(CCOCCNC(=O)COc3ccc5c(c3)C(=O)N(C3CCC(=O)NC3=O)C5=O)CC4)ncc12. The number of piperidine rings is 1. The van der Waals surface area contributed by atoms with Gasteiger partial charge in [-0.25, -0.2) is 9.67 Å². The number of aryl methyl sites for hydroxylation is 3. The van der Waals surface area contributed by atoms with Crippen LogP contribution in [0.2, 0.25) is 0 Å². The van der Waals surface area contributed by atoms with Crippen LogP contribution in [0.4, 0.5) is 23.1 Å². The standard InChI is InChI=1S/C42H44N10O7/c1-24-5-4-6-25(2)36(24)47-37-32-21-44-42(48-38(32)50(3)49-37)45-28-8-7-26-13-15-51(22-27(26)19-28)16-18-58-17-14-43-35(54)23-59-29-9-10-30-31(20-29)41(57)52(40(30)56)33-11-12-34(53)46-39(33)55/h4-10,19-21,33H,11-18,22-23H2,1-3H3,(H,43,54)(H,47,49)(H,44,45,48)(H,46,53,55). The van der Waals surface area contributed by atoms with E-state index in [1.54, 1.807) is 10.9 Å². The average Bonchev–Trinajstić information content (AvgIpc) is 3.66. The zero-order chi connectivity index (χ0) is 41.2. The van der Waals surface area contributed by atoms with Crippen LogP contribution >= 0.6 is 0 Å². The first-order valence-electron chi connectivity index (χ1n) is 19.5. The van der Waals surface area contributed by atoms with Crippen molar-refractivity contribution in [2.24, 2.45) is 7.05 Å². The number of nitrogens with zero attached hydrogens (tertiary/aromatic N) is 6. The predicted octanol–water partition coefficient (Wildman–Crippen LogP) is 3.44. The second-order valence-corrected chi connectivity index (χ2v) is 14.8. The summed E-state index contributed by atoms with van der Waals surface area (Å²) in [5, 5.41) is 17.3. The van der Waals surface area contributed by atoms with E-state index in [0.717, 1.165) is 58.8 Å². The molecule has 5 aromatic rings. The molecule has 3 aliphatic heterocycles. The number of hydrogen-bond acceptors (Lipinski definition) is 13. The lowest BCUT2D eigenvalue weighted by Crippen LogP contribution is -2.54. The molecule has 0 saturated carbocycles. The zero-order valence-corrected chi connectivity index (χ0v) is 33.0. The molecular formula is C42H44N10O7. The van der Waals surface area contributed by atoms with E-state index in [1.807, 2.05) is 13.1 Å². The van der Waals surface area contributed by atoms with Gasteiger partial charge in [0.15, 0.2) is 18.1 Å². The van der Waals surface area contributed by atoms with Crippen LogP contribution in [0.15, 0.2) is 60.8 Å². The van der Waals surface area contributed by atoms with Gasteiger partial charge in [0.05, 0.1) is 29.7 Å². The Kier molecular flexibility index (Phi) is 11.0. The summed E-state index contributed by atoms with van der Waals surface area (Å²) in [7, 11) is 1.87. The summed E-state index contributed by atoms with van der Waals surface area (Å²) in [5.41, 5.74) is 7.63. The lowest BCUT2D eigenvalue weighted by atomic mass is 9.99. The largest absolute Gasteiger partial charge is 0.484 e. The number of fused-ring (bicyclic) bond motifs is 3. The monoisotopic (exact) mass is 800 g/mol. The number of rotatable bonds is 14. The van der Waals surface area contributed by atoms with Crippen LogP contribution in [0.1, 0.15) is 55.8 Å². The molecule has 3 aromatic carbocycles. The highest BCUT2D eigenvalue weighted by Crippen LogP contribution is 2.32. The van der Waals surface area contributed by atoms with E-state index in [1.165, 1.54) is 29.3 Å². The Morgan fingerprint density at radius 3 is 2.56 bits per heavy atom. The highest BCUT2D eigenvalue weighted by atomic mass is 16.5. The molecule has 0 spiro atoms. The number of ether oxygens (including phenoxy) is 2. The van der Waals surface area contributed by atoms with Crippen molar-refractivity contribution < 1.29 is 33.4 Å². The Labute approximate surface area is 339 Å². The van der Waals surface area contributed by atoms with Crippen molar-refractivity contribution >= 4 is 63.7 Å². The molecule has 0 aliphatic carbocycles. The molecule has 0 bridgehead atoms. The molecule has 1 fully saturated rings. The Bertz CT molecular complexity index is 2480. The minimum Gasteiger partial charge on any atom is -0.484 e. The Hall–Kier alpha value is -6.72. The molecule has 3 aliphatic rings. The van der Waals surface area contributed by atoms with Crippen LogP contribution in [-0.4, -0.2) is 105 Å². The molecule has 1 unspecified atom stereocenters. The van der Waals surface area contributed by atoms with Gasteiger partial charge in [0.1, 0.15) is 11.8 Å². The smallest absolute Gasteiger partial charge is 0.262 e. The van der Waals surface area contributed by atoms with Gasteiger partial charge in [0.2, 0.25) is 17.8 Å². The zero-order valence-electron chi connectivity index (χ0n) is 33.0. The van der Waals surface area contributed by atoms with Gasteiger partial charge in [-0.1, -0.05) is 24.3 Å². The third kappa shape index (κ3) is 8.33. The first kappa shape index (κ1) is 39.1. The number of hydrogen-bond donors (Lipinski definition) is 4. The number of amides is 5. The van der Waals surface area contributed by atoms with Crippen molar-refractivity contribution in [1.82, 2.24) is 40.2 Å². The summed E-state index contributed by atoms with van der Waals surface area (Å²) >= 11 is 0. The fourth-order valence-electron chi connectivity index (χ4n) is 7.63. The number of aromatic nitrogens is 4. The van der Waals surface area contributed by atoms with E-state index >= 15 is 0 Å². The first-order valence-corrected chi connectivity index (χ1v) is 19.5. The molecule has 1 saturated heterocycles. The van der Waals surface area contributed by atoms with Crippen molar-refractivity contribution in [3.8, 4) is 5.75 Å². The van der Waals surface area contributed by atoms with Gasteiger partial charge < -0.3 is 25.4 Å². The molecule has 5 heterocycles. The minimum atomic E-state index is -1.06. The Balaban J connectivity index is 0.762. The molecule has 0 radical (unpaired) electrons. The summed E-state index contributed by atoms with van der Waals surface area (Å²) in [5.74, 6) is -1.35. The highest BCUT2D eigenvalue weighted by Gasteiger charge is 2.44. The number of carbonyl (C=O) groups is 5. The summed E-state index contributed by atoms with van der Waals surface area (Å²) < 4.78 is 13.2. The Morgan fingerprint density at radius 2 is 1.75 bits per heavy atom. The maximum atomic E-state index is 13.1. The summed E-state index contributed by atoms with van der Waals surface area (Å²) in [6.45, 7) is 7.34. The second kappa shape index (κ2) is 16.6. The molecular weight excluding hydrogens is 757 g/mol.